The summed E-state index contributed by atoms with van der Waals surface area (Å²) >= 11 is 2.40. The zero-order valence-electron chi connectivity index (χ0n) is 13.9. The molecular formula is C16H23IN6. The number of hydrogen-bond acceptors (Lipinski definition) is 5. The van der Waals surface area contributed by atoms with Gasteiger partial charge in [0.1, 0.15) is 24.3 Å². The lowest BCUT2D eigenvalue weighted by molar-refractivity contribution is 0.476. The van der Waals surface area contributed by atoms with Gasteiger partial charge in [-0.05, 0) is 47.8 Å². The van der Waals surface area contributed by atoms with Gasteiger partial charge in [-0.15, -0.1) is 10.2 Å². The van der Waals surface area contributed by atoms with Crippen molar-refractivity contribution in [2.75, 3.05) is 18.0 Å². The second kappa shape index (κ2) is 7.11. The van der Waals surface area contributed by atoms with Gasteiger partial charge in [-0.25, -0.2) is 9.97 Å². The fourth-order valence-corrected chi connectivity index (χ4v) is 4.03. The molecule has 1 aliphatic rings. The number of halogens is 1. The minimum Gasteiger partial charge on any atom is -0.355 e. The molecule has 0 spiro atoms. The molecule has 1 saturated heterocycles. The Bertz CT molecular complexity index is 668. The van der Waals surface area contributed by atoms with Crippen LogP contribution in [0.3, 0.4) is 0 Å². The summed E-state index contributed by atoms with van der Waals surface area (Å²) in [6.45, 7) is 6.44. The molecule has 0 aromatic carbocycles. The van der Waals surface area contributed by atoms with Crippen LogP contribution in [0.25, 0.3) is 0 Å². The molecule has 0 N–H and O–H groups in total. The molecule has 1 unspecified atom stereocenters. The van der Waals surface area contributed by atoms with Gasteiger partial charge in [0.2, 0.25) is 0 Å². The van der Waals surface area contributed by atoms with Crippen LogP contribution in [0, 0.1) is 9.49 Å². The molecular weight excluding hydrogens is 403 g/mol. The maximum Gasteiger partial charge on any atom is 0.145 e. The Morgan fingerprint density at radius 3 is 2.87 bits per heavy atom. The molecule has 0 saturated carbocycles. The van der Waals surface area contributed by atoms with E-state index in [4.69, 9.17) is 0 Å². The Hall–Kier alpha value is -1.25. The van der Waals surface area contributed by atoms with Gasteiger partial charge in [-0.2, -0.15) is 0 Å². The van der Waals surface area contributed by atoms with Crippen LogP contribution in [-0.2, 0) is 13.5 Å². The van der Waals surface area contributed by atoms with Crippen molar-refractivity contribution >= 4 is 28.4 Å². The Kier molecular flexibility index (Phi) is 5.13. The van der Waals surface area contributed by atoms with Gasteiger partial charge >= 0.3 is 0 Å². The maximum absolute atomic E-state index is 4.57. The predicted octanol–water partition coefficient (Wildman–Crippen LogP) is 2.79. The van der Waals surface area contributed by atoms with Crippen molar-refractivity contribution in [2.24, 2.45) is 13.0 Å². The zero-order valence-corrected chi connectivity index (χ0v) is 16.1. The van der Waals surface area contributed by atoms with Crippen molar-refractivity contribution in [3.63, 3.8) is 0 Å². The quantitative estimate of drug-likeness (QED) is 0.704. The summed E-state index contributed by atoms with van der Waals surface area (Å²) in [6, 6.07) is 0. The number of rotatable bonds is 4. The number of aromatic nitrogens is 5. The summed E-state index contributed by atoms with van der Waals surface area (Å²) in [7, 11) is 2.02. The fraction of sp³-hybridized carbons (Fsp3) is 0.625. The number of hydrogen-bond donors (Lipinski definition) is 0. The van der Waals surface area contributed by atoms with Gasteiger partial charge in [0.25, 0.3) is 0 Å². The highest BCUT2D eigenvalue weighted by Gasteiger charge is 2.27. The summed E-state index contributed by atoms with van der Waals surface area (Å²) < 4.78 is 3.22. The van der Waals surface area contributed by atoms with E-state index in [2.05, 4.69) is 61.5 Å². The molecule has 6 nitrogen and oxygen atoms in total. The Morgan fingerprint density at radius 2 is 2.17 bits per heavy atom. The lowest BCUT2D eigenvalue weighted by Gasteiger charge is -2.33. The summed E-state index contributed by atoms with van der Waals surface area (Å²) in [4.78, 5) is 11.4. The molecule has 0 bridgehead atoms. The number of anilines is 1. The van der Waals surface area contributed by atoms with Crippen LogP contribution < -0.4 is 4.90 Å². The van der Waals surface area contributed by atoms with Gasteiger partial charge in [0.05, 0.1) is 9.26 Å². The molecule has 1 fully saturated rings. The second-order valence-corrected chi connectivity index (χ2v) is 7.72. The molecule has 2 aromatic rings. The highest BCUT2D eigenvalue weighted by molar-refractivity contribution is 14.1. The standard InChI is InChI=1S/C16H23IN6/c1-11(2)7-13-14(17)16(19-9-18-13)23-6-4-5-12(8-23)15-21-20-10-22(15)3/h9-12H,4-8H2,1-3H3. The SMILES string of the molecule is CC(C)Cc1ncnc(N2CCCC(c3nncn3C)C2)c1I. The number of piperidine rings is 1. The van der Waals surface area contributed by atoms with E-state index in [-0.39, 0.29) is 0 Å². The molecule has 7 heteroatoms. The minimum absolute atomic E-state index is 0.413. The largest absolute Gasteiger partial charge is 0.355 e. The number of aryl methyl sites for hydroxylation is 1. The van der Waals surface area contributed by atoms with Crippen molar-refractivity contribution in [1.82, 2.24) is 24.7 Å². The third kappa shape index (κ3) is 3.64. The van der Waals surface area contributed by atoms with E-state index < -0.39 is 0 Å². The molecule has 3 heterocycles. The molecule has 1 aliphatic heterocycles. The third-order valence-corrected chi connectivity index (χ3v) is 5.38. The van der Waals surface area contributed by atoms with Gasteiger partial charge in [-0.3, -0.25) is 0 Å². The van der Waals surface area contributed by atoms with Crippen LogP contribution >= 0.6 is 22.6 Å². The molecule has 1 atom stereocenters. The predicted molar refractivity (Wildman–Crippen MR) is 98.5 cm³/mol. The average molecular weight is 426 g/mol. The van der Waals surface area contributed by atoms with Gasteiger partial charge < -0.3 is 9.47 Å². The van der Waals surface area contributed by atoms with Gasteiger partial charge in [-0.1, -0.05) is 13.8 Å². The summed E-state index contributed by atoms with van der Waals surface area (Å²) in [5.41, 5.74) is 1.16. The Labute approximate surface area is 150 Å². The van der Waals surface area contributed by atoms with Crippen molar-refractivity contribution in [3.8, 4) is 0 Å². The van der Waals surface area contributed by atoms with Crippen molar-refractivity contribution in [1.29, 1.82) is 0 Å². The van der Waals surface area contributed by atoms with E-state index in [0.29, 0.717) is 11.8 Å². The van der Waals surface area contributed by atoms with Crippen LogP contribution in [0.1, 0.15) is 44.1 Å². The van der Waals surface area contributed by atoms with Crippen molar-refractivity contribution in [2.45, 2.75) is 39.0 Å². The molecule has 0 aliphatic carbocycles. The van der Waals surface area contributed by atoms with Gasteiger partial charge in [0.15, 0.2) is 0 Å². The third-order valence-electron chi connectivity index (χ3n) is 4.28. The molecule has 3 rings (SSSR count). The normalized spacial score (nSPS) is 18.7. The smallest absolute Gasteiger partial charge is 0.145 e. The number of nitrogens with zero attached hydrogens (tertiary/aromatic N) is 6. The van der Waals surface area contributed by atoms with E-state index in [1.807, 2.05) is 11.6 Å². The first-order valence-corrected chi connectivity index (χ1v) is 9.22. The van der Waals surface area contributed by atoms with Crippen LogP contribution in [-0.4, -0.2) is 37.8 Å². The summed E-state index contributed by atoms with van der Waals surface area (Å²) in [5.74, 6) is 3.15. The summed E-state index contributed by atoms with van der Waals surface area (Å²) in [6.07, 6.45) is 6.79. The Balaban J connectivity index is 1.83. The van der Waals surface area contributed by atoms with Crippen molar-refractivity contribution in [3.05, 3.63) is 27.7 Å². The highest BCUT2D eigenvalue weighted by Crippen LogP contribution is 2.31. The van der Waals surface area contributed by atoms with E-state index >= 15 is 0 Å². The molecule has 2 aromatic heterocycles. The molecule has 124 valence electrons. The van der Waals surface area contributed by atoms with E-state index in [0.717, 1.165) is 49.7 Å². The lowest BCUT2D eigenvalue weighted by Crippen LogP contribution is -2.36. The van der Waals surface area contributed by atoms with Crippen LogP contribution in [0.2, 0.25) is 0 Å². The minimum atomic E-state index is 0.413. The molecule has 23 heavy (non-hydrogen) atoms. The molecule has 0 amide bonds. The topological polar surface area (TPSA) is 59.7 Å². The highest BCUT2D eigenvalue weighted by atomic mass is 127. The van der Waals surface area contributed by atoms with Crippen LogP contribution in [0.15, 0.2) is 12.7 Å². The maximum atomic E-state index is 4.57. The first kappa shape index (κ1) is 16.6. The lowest BCUT2D eigenvalue weighted by atomic mass is 9.97. The van der Waals surface area contributed by atoms with E-state index in [9.17, 15) is 0 Å². The molecule has 0 radical (unpaired) electrons. The first-order valence-electron chi connectivity index (χ1n) is 8.14. The van der Waals surface area contributed by atoms with Crippen LogP contribution in [0.4, 0.5) is 5.82 Å². The monoisotopic (exact) mass is 426 g/mol. The van der Waals surface area contributed by atoms with Crippen molar-refractivity contribution < 1.29 is 0 Å². The average Bonchev–Trinajstić information content (AvgIpc) is 2.95. The van der Waals surface area contributed by atoms with Gasteiger partial charge in [0, 0.05) is 26.1 Å². The Morgan fingerprint density at radius 1 is 1.35 bits per heavy atom. The first-order chi connectivity index (χ1) is 11.1. The van der Waals surface area contributed by atoms with Crippen LogP contribution in [0.5, 0.6) is 0 Å². The van der Waals surface area contributed by atoms with E-state index in [1.165, 1.54) is 3.57 Å². The van der Waals surface area contributed by atoms with E-state index in [1.54, 1.807) is 12.7 Å². The summed E-state index contributed by atoms with van der Waals surface area (Å²) in [5, 5.41) is 8.32. The fourth-order valence-electron chi connectivity index (χ4n) is 3.19. The zero-order chi connectivity index (χ0) is 16.4. The second-order valence-electron chi connectivity index (χ2n) is 6.64.